The van der Waals surface area contributed by atoms with Gasteiger partial charge in [-0.2, -0.15) is 5.10 Å². The summed E-state index contributed by atoms with van der Waals surface area (Å²) in [6, 6.07) is 7.84. The number of nitrogens with zero attached hydrogens (tertiary/aromatic N) is 2. The van der Waals surface area contributed by atoms with Crippen LogP contribution in [-0.4, -0.2) is 9.78 Å². The highest BCUT2D eigenvalue weighted by Gasteiger charge is 2.13. The van der Waals surface area contributed by atoms with Crippen molar-refractivity contribution < 1.29 is 0 Å². The highest BCUT2D eigenvalue weighted by molar-refractivity contribution is 6.32. The summed E-state index contributed by atoms with van der Waals surface area (Å²) in [7, 11) is 0. The van der Waals surface area contributed by atoms with Crippen LogP contribution in [0.25, 0.3) is 0 Å². The van der Waals surface area contributed by atoms with Gasteiger partial charge in [0.2, 0.25) is 0 Å². The molecule has 20 heavy (non-hydrogen) atoms. The molecule has 1 aromatic carbocycles. The Balaban J connectivity index is 2.04. The van der Waals surface area contributed by atoms with E-state index in [0.29, 0.717) is 13.1 Å². The Morgan fingerprint density at radius 2 is 1.90 bits per heavy atom. The standard InChI is InChI=1S/C15H19Cl2N3/c1-3-13-15(17)14(20(4-2)19-13)10-18-9-11-7-5-6-8-12(11)16/h5-8,18H,3-4,9-10H2,1-2H3. The Kier molecular flexibility index (Phi) is 5.46. The summed E-state index contributed by atoms with van der Waals surface area (Å²) in [5.74, 6) is 0. The number of hydrogen-bond acceptors (Lipinski definition) is 2. The molecule has 1 aromatic heterocycles. The fourth-order valence-electron chi connectivity index (χ4n) is 2.14. The first kappa shape index (κ1) is 15.4. The largest absolute Gasteiger partial charge is 0.307 e. The molecule has 3 nitrogen and oxygen atoms in total. The van der Waals surface area contributed by atoms with E-state index in [9.17, 15) is 0 Å². The van der Waals surface area contributed by atoms with Crippen molar-refractivity contribution in [3.05, 3.63) is 51.3 Å². The van der Waals surface area contributed by atoms with Crippen LogP contribution in [0.3, 0.4) is 0 Å². The quantitative estimate of drug-likeness (QED) is 0.871. The summed E-state index contributed by atoms with van der Waals surface area (Å²) in [6.07, 6.45) is 0.851. The molecular weight excluding hydrogens is 293 g/mol. The van der Waals surface area contributed by atoms with Crippen LogP contribution in [0.2, 0.25) is 10.0 Å². The first-order valence-electron chi connectivity index (χ1n) is 6.85. The van der Waals surface area contributed by atoms with Crippen molar-refractivity contribution in [1.82, 2.24) is 15.1 Å². The van der Waals surface area contributed by atoms with Gasteiger partial charge in [-0.05, 0) is 25.0 Å². The lowest BCUT2D eigenvalue weighted by molar-refractivity contribution is 0.577. The molecular formula is C15H19Cl2N3. The van der Waals surface area contributed by atoms with Gasteiger partial charge >= 0.3 is 0 Å². The number of nitrogens with one attached hydrogen (secondary N) is 1. The summed E-state index contributed by atoms with van der Waals surface area (Å²) < 4.78 is 1.96. The molecule has 0 aliphatic rings. The molecule has 0 aliphatic carbocycles. The fraction of sp³-hybridized carbons (Fsp3) is 0.400. The molecule has 0 saturated heterocycles. The van der Waals surface area contributed by atoms with E-state index in [0.717, 1.165) is 40.0 Å². The molecule has 0 amide bonds. The molecule has 0 fully saturated rings. The second-order valence-corrected chi connectivity index (χ2v) is 5.36. The fourth-order valence-corrected chi connectivity index (χ4v) is 2.68. The summed E-state index contributed by atoms with van der Waals surface area (Å²) in [5, 5.41) is 9.45. The monoisotopic (exact) mass is 311 g/mol. The molecule has 108 valence electrons. The van der Waals surface area contributed by atoms with Crippen molar-refractivity contribution in [2.24, 2.45) is 0 Å². The lowest BCUT2D eigenvalue weighted by atomic mass is 10.2. The van der Waals surface area contributed by atoms with Gasteiger partial charge in [-0.3, -0.25) is 4.68 Å². The van der Waals surface area contributed by atoms with Gasteiger partial charge in [0.25, 0.3) is 0 Å². The van der Waals surface area contributed by atoms with Gasteiger partial charge in [0.05, 0.1) is 16.4 Å². The van der Waals surface area contributed by atoms with E-state index in [4.69, 9.17) is 23.2 Å². The van der Waals surface area contributed by atoms with Crippen LogP contribution in [0.5, 0.6) is 0 Å². The van der Waals surface area contributed by atoms with E-state index in [1.165, 1.54) is 0 Å². The maximum Gasteiger partial charge on any atom is 0.0863 e. The van der Waals surface area contributed by atoms with Gasteiger partial charge in [0.1, 0.15) is 0 Å². The minimum Gasteiger partial charge on any atom is -0.307 e. The van der Waals surface area contributed by atoms with Gasteiger partial charge < -0.3 is 5.32 Å². The average molecular weight is 312 g/mol. The Labute approximate surface area is 129 Å². The van der Waals surface area contributed by atoms with Crippen LogP contribution in [0, 0.1) is 0 Å². The lowest BCUT2D eigenvalue weighted by Gasteiger charge is -2.08. The number of halogens is 2. The van der Waals surface area contributed by atoms with Crippen molar-refractivity contribution in [3.8, 4) is 0 Å². The smallest absolute Gasteiger partial charge is 0.0863 e. The number of aromatic nitrogens is 2. The van der Waals surface area contributed by atoms with E-state index < -0.39 is 0 Å². The zero-order valence-electron chi connectivity index (χ0n) is 11.8. The number of hydrogen-bond donors (Lipinski definition) is 1. The van der Waals surface area contributed by atoms with Crippen molar-refractivity contribution in [1.29, 1.82) is 0 Å². The molecule has 0 spiro atoms. The molecule has 0 aliphatic heterocycles. The molecule has 2 aromatic rings. The summed E-state index contributed by atoms with van der Waals surface area (Å²) >= 11 is 12.5. The summed E-state index contributed by atoms with van der Waals surface area (Å²) in [5.41, 5.74) is 3.09. The third kappa shape index (κ3) is 3.35. The maximum absolute atomic E-state index is 6.37. The van der Waals surface area contributed by atoms with Crippen molar-refractivity contribution in [2.75, 3.05) is 0 Å². The van der Waals surface area contributed by atoms with Gasteiger partial charge in [-0.1, -0.05) is 48.3 Å². The van der Waals surface area contributed by atoms with E-state index in [1.54, 1.807) is 0 Å². The SMILES string of the molecule is CCc1nn(CC)c(CNCc2ccccc2Cl)c1Cl. The van der Waals surface area contributed by atoms with Crippen LogP contribution >= 0.6 is 23.2 Å². The van der Waals surface area contributed by atoms with Gasteiger partial charge in [-0.25, -0.2) is 0 Å². The lowest BCUT2D eigenvalue weighted by Crippen LogP contribution is -2.16. The second kappa shape index (κ2) is 7.11. The highest BCUT2D eigenvalue weighted by Crippen LogP contribution is 2.22. The van der Waals surface area contributed by atoms with Crippen molar-refractivity contribution >= 4 is 23.2 Å². The van der Waals surface area contributed by atoms with E-state index >= 15 is 0 Å². The van der Waals surface area contributed by atoms with Crippen LogP contribution in [0.15, 0.2) is 24.3 Å². The number of rotatable bonds is 6. The summed E-state index contributed by atoms with van der Waals surface area (Å²) in [4.78, 5) is 0. The first-order valence-corrected chi connectivity index (χ1v) is 7.61. The Bertz CT molecular complexity index is 578. The van der Waals surface area contributed by atoms with Gasteiger partial charge in [0, 0.05) is 24.7 Å². The topological polar surface area (TPSA) is 29.9 Å². The van der Waals surface area contributed by atoms with Crippen LogP contribution in [-0.2, 0) is 26.1 Å². The molecule has 0 unspecified atom stereocenters. The highest BCUT2D eigenvalue weighted by atomic mass is 35.5. The Morgan fingerprint density at radius 1 is 1.15 bits per heavy atom. The number of benzene rings is 1. The Morgan fingerprint density at radius 3 is 2.55 bits per heavy atom. The van der Waals surface area contributed by atoms with E-state index in [1.807, 2.05) is 28.9 Å². The zero-order valence-corrected chi connectivity index (χ0v) is 13.3. The van der Waals surface area contributed by atoms with E-state index in [2.05, 4.69) is 24.3 Å². The van der Waals surface area contributed by atoms with Gasteiger partial charge in [0.15, 0.2) is 0 Å². The third-order valence-electron chi connectivity index (χ3n) is 3.26. The third-order valence-corrected chi connectivity index (χ3v) is 4.06. The molecule has 2 rings (SSSR count). The van der Waals surface area contributed by atoms with Crippen molar-refractivity contribution in [2.45, 2.75) is 39.9 Å². The molecule has 1 heterocycles. The van der Waals surface area contributed by atoms with E-state index in [-0.39, 0.29) is 0 Å². The molecule has 0 saturated carbocycles. The van der Waals surface area contributed by atoms with Crippen LogP contribution in [0.1, 0.15) is 30.8 Å². The van der Waals surface area contributed by atoms with Crippen LogP contribution in [0.4, 0.5) is 0 Å². The van der Waals surface area contributed by atoms with Crippen molar-refractivity contribution in [3.63, 3.8) is 0 Å². The molecule has 1 N–H and O–H groups in total. The second-order valence-electron chi connectivity index (χ2n) is 4.57. The minimum atomic E-state index is 0.685. The predicted molar refractivity (Wildman–Crippen MR) is 84.3 cm³/mol. The molecule has 0 bridgehead atoms. The predicted octanol–water partition coefficient (Wildman–Crippen LogP) is 4.06. The zero-order chi connectivity index (χ0) is 14.5. The first-order chi connectivity index (χ1) is 9.67. The average Bonchev–Trinajstić information content (AvgIpc) is 2.77. The molecule has 0 atom stereocenters. The molecule has 0 radical (unpaired) electrons. The Hall–Kier alpha value is -1.03. The summed E-state index contributed by atoms with van der Waals surface area (Å²) in [6.45, 7) is 6.36. The maximum atomic E-state index is 6.37. The normalized spacial score (nSPS) is 11.0. The van der Waals surface area contributed by atoms with Crippen LogP contribution < -0.4 is 5.32 Å². The molecule has 5 heteroatoms. The number of aryl methyl sites for hydroxylation is 2. The minimum absolute atomic E-state index is 0.685. The van der Waals surface area contributed by atoms with Gasteiger partial charge in [-0.15, -0.1) is 0 Å².